The van der Waals surface area contributed by atoms with Crippen molar-refractivity contribution in [2.45, 2.75) is 19.1 Å². The lowest BCUT2D eigenvalue weighted by Crippen LogP contribution is -2.52. The summed E-state index contributed by atoms with van der Waals surface area (Å²) in [5.41, 5.74) is 8.57. The molecule has 1 aromatic carbocycles. The number of benzene rings is 1. The molecule has 2 aliphatic rings. The molecule has 0 bridgehead atoms. The molecule has 4 N–H and O–H groups in total. The predicted octanol–water partition coefficient (Wildman–Crippen LogP) is 1.43. The van der Waals surface area contributed by atoms with E-state index >= 15 is 0 Å². The van der Waals surface area contributed by atoms with Crippen molar-refractivity contribution < 1.29 is 0 Å². The third kappa shape index (κ3) is 4.00. The summed E-state index contributed by atoms with van der Waals surface area (Å²) in [4.78, 5) is 6.85. The zero-order chi connectivity index (χ0) is 16.1. The largest absolute Gasteiger partial charge is 0.372 e. The Kier molecular flexibility index (Phi) is 4.79. The lowest BCUT2D eigenvalue weighted by molar-refractivity contribution is 0.340. The molecule has 0 fully saturated rings. The minimum Gasteiger partial charge on any atom is -0.372 e. The van der Waals surface area contributed by atoms with E-state index in [1.807, 2.05) is 18.2 Å². The fourth-order valence-electron chi connectivity index (χ4n) is 2.87. The maximum atomic E-state index is 6.44. The molecule has 0 spiro atoms. The third-order valence-corrected chi connectivity index (χ3v) is 4.16. The van der Waals surface area contributed by atoms with Crippen molar-refractivity contribution in [3.8, 4) is 0 Å². The van der Waals surface area contributed by atoms with Crippen LogP contribution in [0.2, 0.25) is 0 Å². The Hall–Kier alpha value is -2.11. The summed E-state index contributed by atoms with van der Waals surface area (Å²) in [6.45, 7) is 6.22. The van der Waals surface area contributed by atoms with E-state index in [4.69, 9.17) is 5.73 Å². The molecule has 0 saturated heterocycles. The average Bonchev–Trinajstić information content (AvgIpc) is 3.05. The number of aliphatic imine (C=N–C) groups is 1. The lowest BCUT2D eigenvalue weighted by atomic mass is 10.1. The van der Waals surface area contributed by atoms with Crippen LogP contribution in [0.4, 0.5) is 0 Å². The fourth-order valence-corrected chi connectivity index (χ4v) is 2.87. The van der Waals surface area contributed by atoms with Gasteiger partial charge in [-0.1, -0.05) is 42.0 Å². The normalized spacial score (nSPS) is 23.7. The van der Waals surface area contributed by atoms with Crippen LogP contribution in [0.25, 0.3) is 0 Å². The molecule has 1 unspecified atom stereocenters. The van der Waals surface area contributed by atoms with Crippen molar-refractivity contribution in [1.82, 2.24) is 15.5 Å². The molecular formula is C18H25N5. The first-order valence-electron chi connectivity index (χ1n) is 8.17. The zero-order valence-electron chi connectivity index (χ0n) is 13.6. The summed E-state index contributed by atoms with van der Waals surface area (Å²) in [7, 11) is 0. The Morgan fingerprint density at radius 1 is 1.35 bits per heavy atom. The average molecular weight is 311 g/mol. The van der Waals surface area contributed by atoms with E-state index in [1.165, 1.54) is 5.56 Å². The van der Waals surface area contributed by atoms with Gasteiger partial charge in [0.1, 0.15) is 5.82 Å². The highest BCUT2D eigenvalue weighted by molar-refractivity contribution is 5.73. The van der Waals surface area contributed by atoms with Crippen LogP contribution in [0.1, 0.15) is 17.5 Å². The first-order valence-corrected chi connectivity index (χ1v) is 8.17. The van der Waals surface area contributed by atoms with Crippen LogP contribution < -0.4 is 16.4 Å². The molecule has 3 rings (SSSR count). The molecule has 0 saturated carbocycles. The molecule has 0 aliphatic carbocycles. The van der Waals surface area contributed by atoms with E-state index in [0.29, 0.717) is 0 Å². The van der Waals surface area contributed by atoms with Crippen molar-refractivity contribution in [2.24, 2.45) is 10.7 Å². The molecule has 0 aromatic heterocycles. The van der Waals surface area contributed by atoms with Crippen molar-refractivity contribution in [2.75, 3.05) is 26.2 Å². The Morgan fingerprint density at radius 2 is 2.17 bits per heavy atom. The Morgan fingerprint density at radius 3 is 2.96 bits per heavy atom. The van der Waals surface area contributed by atoms with Gasteiger partial charge in [-0.15, -0.1) is 0 Å². The van der Waals surface area contributed by atoms with Gasteiger partial charge in [0.25, 0.3) is 0 Å². The molecule has 2 heterocycles. The number of hydrogen-bond donors (Lipinski definition) is 3. The van der Waals surface area contributed by atoms with Gasteiger partial charge in [-0.3, -0.25) is 10.6 Å². The number of allylic oxidation sites excluding steroid dienone is 1. The van der Waals surface area contributed by atoms with Crippen molar-refractivity contribution in [1.29, 1.82) is 0 Å². The van der Waals surface area contributed by atoms with Gasteiger partial charge in [0, 0.05) is 38.0 Å². The van der Waals surface area contributed by atoms with E-state index in [0.717, 1.165) is 44.0 Å². The van der Waals surface area contributed by atoms with Gasteiger partial charge in [-0.25, -0.2) is 4.99 Å². The fraction of sp³-hybridized carbons (Fsp3) is 0.389. The molecule has 122 valence electrons. The highest BCUT2D eigenvalue weighted by atomic mass is 15.3. The highest BCUT2D eigenvalue weighted by Crippen LogP contribution is 2.20. The van der Waals surface area contributed by atoms with E-state index in [2.05, 4.69) is 51.7 Å². The number of nitrogens with one attached hydrogen (secondary N) is 2. The summed E-state index contributed by atoms with van der Waals surface area (Å²) >= 11 is 0. The van der Waals surface area contributed by atoms with Gasteiger partial charge >= 0.3 is 0 Å². The highest BCUT2D eigenvalue weighted by Gasteiger charge is 2.28. The maximum Gasteiger partial charge on any atom is 0.210 e. The van der Waals surface area contributed by atoms with Crippen molar-refractivity contribution >= 4 is 6.21 Å². The summed E-state index contributed by atoms with van der Waals surface area (Å²) in [5, 5.41) is 6.72. The number of rotatable bonds is 6. The van der Waals surface area contributed by atoms with E-state index < -0.39 is 5.79 Å². The molecule has 0 amide bonds. The minimum atomic E-state index is -0.901. The van der Waals surface area contributed by atoms with Gasteiger partial charge in [0.15, 0.2) is 0 Å². The molecule has 5 nitrogen and oxygen atoms in total. The second kappa shape index (κ2) is 6.98. The maximum absolute atomic E-state index is 6.44. The van der Waals surface area contributed by atoms with Gasteiger partial charge in [0.05, 0.1) is 0 Å². The second-order valence-electron chi connectivity index (χ2n) is 6.13. The van der Waals surface area contributed by atoms with E-state index in [1.54, 1.807) is 6.21 Å². The second-order valence-corrected chi connectivity index (χ2v) is 6.13. The van der Waals surface area contributed by atoms with Crippen molar-refractivity contribution in [3.05, 3.63) is 59.4 Å². The van der Waals surface area contributed by atoms with Crippen LogP contribution in [-0.2, 0) is 5.79 Å². The van der Waals surface area contributed by atoms with Crippen LogP contribution in [0.15, 0.2) is 53.3 Å². The Balaban J connectivity index is 1.51. The van der Waals surface area contributed by atoms with Crippen LogP contribution in [0.3, 0.4) is 0 Å². The summed E-state index contributed by atoms with van der Waals surface area (Å²) < 4.78 is 0. The Labute approximate surface area is 138 Å². The number of hydrogen-bond acceptors (Lipinski definition) is 5. The SMILES string of the molecule is Cc1cccc(C2(N)N=CC=C(NCCCN3CC=CC3)N2)c1. The predicted molar refractivity (Wildman–Crippen MR) is 95.0 cm³/mol. The van der Waals surface area contributed by atoms with E-state index in [-0.39, 0.29) is 0 Å². The quantitative estimate of drug-likeness (QED) is 0.549. The van der Waals surface area contributed by atoms with Crippen LogP contribution in [-0.4, -0.2) is 37.3 Å². The summed E-state index contributed by atoms with van der Waals surface area (Å²) in [6, 6.07) is 8.13. The summed E-state index contributed by atoms with van der Waals surface area (Å²) in [6.07, 6.45) is 9.24. The smallest absolute Gasteiger partial charge is 0.210 e. The number of nitrogens with zero attached hydrogens (tertiary/aromatic N) is 2. The van der Waals surface area contributed by atoms with Crippen LogP contribution in [0.5, 0.6) is 0 Å². The molecule has 0 radical (unpaired) electrons. The zero-order valence-corrected chi connectivity index (χ0v) is 13.6. The van der Waals surface area contributed by atoms with Gasteiger partial charge in [-0.05, 0) is 19.4 Å². The first kappa shape index (κ1) is 15.8. The van der Waals surface area contributed by atoms with Crippen LogP contribution in [0, 0.1) is 6.92 Å². The lowest BCUT2D eigenvalue weighted by Gasteiger charge is -2.32. The molecule has 2 aliphatic heterocycles. The molecule has 23 heavy (non-hydrogen) atoms. The van der Waals surface area contributed by atoms with Gasteiger partial charge in [0.2, 0.25) is 5.79 Å². The minimum absolute atomic E-state index is 0.901. The standard InChI is InChI=1S/C18H25N5/c1-15-6-4-7-16(14-15)18(19)21-10-8-17(22-18)20-9-5-13-23-11-2-3-12-23/h2-4,6-8,10,14,20,22H,5,9,11-13,19H2,1H3. The number of nitrogens with two attached hydrogens (primary N) is 1. The number of aryl methyl sites for hydroxylation is 1. The Bertz CT molecular complexity index is 626. The molecule has 5 heteroatoms. The molecule has 1 atom stereocenters. The topological polar surface area (TPSA) is 65.7 Å². The van der Waals surface area contributed by atoms with Gasteiger partial charge < -0.3 is 10.6 Å². The molecular weight excluding hydrogens is 286 g/mol. The summed E-state index contributed by atoms with van der Waals surface area (Å²) in [5.74, 6) is 0.0191. The molecule has 1 aromatic rings. The van der Waals surface area contributed by atoms with Crippen LogP contribution >= 0.6 is 0 Å². The monoisotopic (exact) mass is 311 g/mol. The van der Waals surface area contributed by atoms with Gasteiger partial charge in [-0.2, -0.15) is 0 Å². The van der Waals surface area contributed by atoms with E-state index in [9.17, 15) is 0 Å². The van der Waals surface area contributed by atoms with Crippen molar-refractivity contribution in [3.63, 3.8) is 0 Å². The third-order valence-electron chi connectivity index (χ3n) is 4.16. The first-order chi connectivity index (χ1) is 11.2.